The zero-order chi connectivity index (χ0) is 26.3. The van der Waals surface area contributed by atoms with Crippen molar-refractivity contribution >= 4 is 17.8 Å². The van der Waals surface area contributed by atoms with Crippen LogP contribution in [0.1, 0.15) is 11.1 Å². The second kappa shape index (κ2) is 9.85. The smallest absolute Gasteiger partial charge is 0.313 e. The number of ether oxygens (including phenoxy) is 2. The van der Waals surface area contributed by atoms with E-state index in [0.717, 1.165) is 11.1 Å². The van der Waals surface area contributed by atoms with E-state index >= 15 is 0 Å². The number of likely N-dealkylation sites (tertiary alicyclic amines) is 1. The fourth-order valence-electron chi connectivity index (χ4n) is 6.43. The third-order valence-electron chi connectivity index (χ3n) is 8.07. The van der Waals surface area contributed by atoms with Gasteiger partial charge in [0.25, 0.3) is 0 Å². The van der Waals surface area contributed by atoms with Gasteiger partial charge in [-0.3, -0.25) is 14.4 Å². The largest absolute Gasteiger partial charge is 0.461 e. The van der Waals surface area contributed by atoms with Gasteiger partial charge in [0.05, 0.1) is 24.7 Å². The fourth-order valence-corrected chi connectivity index (χ4v) is 6.43. The summed E-state index contributed by atoms with van der Waals surface area (Å²) in [6.07, 6.45) is 6.81. The molecule has 38 heavy (non-hydrogen) atoms. The first-order valence-corrected chi connectivity index (χ1v) is 13.0. The number of fused-ring (bicyclic) bond motifs is 2. The van der Waals surface area contributed by atoms with E-state index < -0.39 is 41.6 Å². The van der Waals surface area contributed by atoms with Crippen LogP contribution in [0, 0.1) is 11.8 Å². The van der Waals surface area contributed by atoms with Gasteiger partial charge in [0.15, 0.2) is 0 Å². The summed E-state index contributed by atoms with van der Waals surface area (Å²) in [4.78, 5) is 44.9. The molecule has 2 aromatic carbocycles. The number of aliphatic hydroxyl groups excluding tert-OH is 1. The van der Waals surface area contributed by atoms with Crippen LogP contribution >= 0.6 is 0 Å². The van der Waals surface area contributed by atoms with Crippen LogP contribution in [0.5, 0.6) is 0 Å². The van der Waals surface area contributed by atoms with Gasteiger partial charge in [-0.25, -0.2) is 0 Å². The first-order chi connectivity index (χ1) is 18.5. The molecule has 4 heterocycles. The lowest BCUT2D eigenvalue weighted by molar-refractivity contribution is -0.155. The Hall–Kier alpha value is -3.75. The summed E-state index contributed by atoms with van der Waals surface area (Å²) in [5, 5.41) is 10.5. The molecule has 0 aliphatic carbocycles. The van der Waals surface area contributed by atoms with Gasteiger partial charge in [-0.05, 0) is 23.6 Å². The van der Waals surface area contributed by atoms with Gasteiger partial charge in [0.1, 0.15) is 24.2 Å². The second-order valence-corrected chi connectivity index (χ2v) is 10.3. The van der Waals surface area contributed by atoms with Crippen LogP contribution in [-0.2, 0) is 36.8 Å². The van der Waals surface area contributed by atoms with E-state index in [4.69, 9.17) is 9.47 Å². The Kier molecular flexibility index (Phi) is 6.37. The molecule has 0 aromatic heterocycles. The summed E-state index contributed by atoms with van der Waals surface area (Å²) in [7, 11) is 0. The number of amides is 2. The molecule has 2 amide bonds. The van der Waals surface area contributed by atoms with Gasteiger partial charge in [-0.1, -0.05) is 78.9 Å². The molecule has 1 spiro atoms. The maximum absolute atomic E-state index is 14.3. The molecular weight excluding hydrogens is 484 g/mol. The quantitative estimate of drug-likeness (QED) is 0.467. The van der Waals surface area contributed by atoms with Crippen molar-refractivity contribution < 1.29 is 29.0 Å². The highest BCUT2D eigenvalue weighted by molar-refractivity contribution is 5.99. The lowest BCUT2D eigenvalue weighted by Crippen LogP contribution is -2.58. The Morgan fingerprint density at radius 1 is 0.947 bits per heavy atom. The monoisotopic (exact) mass is 514 g/mol. The molecule has 4 aliphatic rings. The molecule has 8 nitrogen and oxygen atoms in total. The third-order valence-corrected chi connectivity index (χ3v) is 8.07. The number of cyclic esters (lactones) is 1. The normalized spacial score (nSPS) is 30.8. The van der Waals surface area contributed by atoms with Crippen LogP contribution in [0.2, 0.25) is 0 Å². The van der Waals surface area contributed by atoms with Gasteiger partial charge >= 0.3 is 5.97 Å². The van der Waals surface area contributed by atoms with Crippen LogP contribution in [0.4, 0.5) is 0 Å². The van der Waals surface area contributed by atoms with Crippen molar-refractivity contribution in [2.24, 2.45) is 11.8 Å². The zero-order valence-electron chi connectivity index (χ0n) is 20.9. The SMILES string of the molecule is O=C1OCC=C[C@@H]2O[C@]34C=CCN(Cc5ccccc5)C(=O)C3N([C@@H](CO)Cc3ccccc3)C(=O)[C@@H]4[C@H]12. The molecule has 1 N–H and O–H groups in total. The molecular formula is C30H30N2O6. The Bertz CT molecular complexity index is 1280. The van der Waals surface area contributed by atoms with Gasteiger partial charge < -0.3 is 24.4 Å². The molecule has 0 saturated carbocycles. The topological polar surface area (TPSA) is 96.4 Å². The van der Waals surface area contributed by atoms with Crippen molar-refractivity contribution in [2.75, 3.05) is 19.8 Å². The molecule has 2 aromatic rings. The first kappa shape index (κ1) is 24.6. The van der Waals surface area contributed by atoms with E-state index in [1.165, 1.54) is 4.90 Å². The average Bonchev–Trinajstić information content (AvgIpc) is 3.25. The minimum Gasteiger partial charge on any atom is -0.461 e. The van der Waals surface area contributed by atoms with Crippen molar-refractivity contribution in [3.63, 3.8) is 0 Å². The summed E-state index contributed by atoms with van der Waals surface area (Å²) in [5.41, 5.74) is 0.545. The first-order valence-electron chi connectivity index (χ1n) is 13.0. The molecule has 6 rings (SSSR count). The minimum absolute atomic E-state index is 0.114. The van der Waals surface area contributed by atoms with Gasteiger partial charge in [-0.15, -0.1) is 0 Å². The summed E-state index contributed by atoms with van der Waals surface area (Å²) in [5.74, 6) is -2.96. The minimum atomic E-state index is -1.35. The maximum Gasteiger partial charge on any atom is 0.313 e. The van der Waals surface area contributed by atoms with Crippen LogP contribution in [0.15, 0.2) is 85.0 Å². The standard InChI is InChI=1S/C30H30N2O6/c33-19-22(17-20-9-3-1-4-10-20)32-26-28(35)31(18-21-11-5-2-6-12-21)15-8-14-30(26)25(27(32)34)24-23(38-30)13-7-16-37-29(24)36/h1-14,22-26,33H,15-19H2/t22-,23+,24-,25+,26?,30+/m1/s1. The number of hydrogen-bond donors (Lipinski definition) is 1. The van der Waals surface area contributed by atoms with E-state index in [9.17, 15) is 19.5 Å². The highest BCUT2D eigenvalue weighted by Crippen LogP contribution is 2.54. The lowest BCUT2D eigenvalue weighted by atomic mass is 9.78. The number of benzene rings is 2. The lowest BCUT2D eigenvalue weighted by Gasteiger charge is -2.38. The van der Waals surface area contributed by atoms with E-state index in [0.29, 0.717) is 19.5 Å². The van der Waals surface area contributed by atoms with Gasteiger partial charge in [0.2, 0.25) is 11.8 Å². The van der Waals surface area contributed by atoms with Crippen LogP contribution in [-0.4, -0.2) is 76.2 Å². The molecule has 2 saturated heterocycles. The van der Waals surface area contributed by atoms with E-state index in [2.05, 4.69) is 0 Å². The zero-order valence-corrected chi connectivity index (χ0v) is 20.9. The predicted molar refractivity (Wildman–Crippen MR) is 137 cm³/mol. The molecule has 2 fully saturated rings. The second-order valence-electron chi connectivity index (χ2n) is 10.3. The Labute approximate surface area is 221 Å². The number of carbonyl (C=O) groups excluding carboxylic acids is 3. The molecule has 4 aliphatic heterocycles. The molecule has 6 atom stereocenters. The van der Waals surface area contributed by atoms with Crippen LogP contribution < -0.4 is 0 Å². The number of rotatable bonds is 6. The molecule has 8 heteroatoms. The number of carbonyl (C=O) groups is 3. The number of aliphatic hydroxyl groups is 1. The highest BCUT2D eigenvalue weighted by atomic mass is 16.6. The van der Waals surface area contributed by atoms with Crippen molar-refractivity contribution in [3.05, 3.63) is 96.1 Å². The molecule has 0 bridgehead atoms. The Balaban J connectivity index is 1.43. The summed E-state index contributed by atoms with van der Waals surface area (Å²) < 4.78 is 11.9. The number of esters is 1. The Morgan fingerprint density at radius 2 is 1.66 bits per heavy atom. The van der Waals surface area contributed by atoms with Gasteiger partial charge in [-0.2, -0.15) is 0 Å². The number of hydrogen-bond acceptors (Lipinski definition) is 6. The van der Waals surface area contributed by atoms with Gasteiger partial charge in [0, 0.05) is 13.1 Å². The summed E-state index contributed by atoms with van der Waals surface area (Å²) in [6, 6.07) is 17.5. The fraction of sp³-hybridized carbons (Fsp3) is 0.367. The van der Waals surface area contributed by atoms with E-state index in [-0.39, 0.29) is 25.0 Å². The van der Waals surface area contributed by atoms with Crippen molar-refractivity contribution in [1.82, 2.24) is 9.80 Å². The maximum atomic E-state index is 14.3. The van der Waals surface area contributed by atoms with Crippen LogP contribution in [0.25, 0.3) is 0 Å². The molecule has 196 valence electrons. The van der Waals surface area contributed by atoms with E-state index in [1.807, 2.05) is 66.7 Å². The third kappa shape index (κ3) is 3.95. The van der Waals surface area contributed by atoms with Crippen molar-refractivity contribution in [2.45, 2.75) is 36.8 Å². The van der Waals surface area contributed by atoms with Crippen molar-refractivity contribution in [1.29, 1.82) is 0 Å². The highest BCUT2D eigenvalue weighted by Gasteiger charge is 2.72. The number of nitrogens with zero attached hydrogens (tertiary/aromatic N) is 2. The summed E-state index contributed by atoms with van der Waals surface area (Å²) in [6.45, 7) is 0.472. The Morgan fingerprint density at radius 3 is 2.37 bits per heavy atom. The van der Waals surface area contributed by atoms with Crippen molar-refractivity contribution in [3.8, 4) is 0 Å². The average molecular weight is 515 g/mol. The van der Waals surface area contributed by atoms with E-state index in [1.54, 1.807) is 23.1 Å². The predicted octanol–water partition coefficient (Wildman–Crippen LogP) is 1.88. The molecule has 0 radical (unpaired) electrons. The van der Waals surface area contributed by atoms with Crippen LogP contribution in [0.3, 0.4) is 0 Å². The molecule has 1 unspecified atom stereocenters. The summed E-state index contributed by atoms with van der Waals surface area (Å²) >= 11 is 0.